The Morgan fingerprint density at radius 3 is 2.52 bits per heavy atom. The van der Waals surface area contributed by atoms with E-state index in [2.05, 4.69) is 10.3 Å². The number of nitrogens with one attached hydrogen (secondary N) is 1. The van der Waals surface area contributed by atoms with E-state index in [9.17, 15) is 9.59 Å². The van der Waals surface area contributed by atoms with Gasteiger partial charge in [0.15, 0.2) is 0 Å². The molecule has 3 aromatic carbocycles. The standard InChI is InChI=1S/C26H22N2O3/c1-3-31-26(30)20-14-19-12-13-21(15-24(19)27-16-20)28-25(29)23-7-5-4-6-22(23)18-10-8-17(2)9-11-18/h4-16H,3H2,1-2H3,(H,28,29). The van der Waals surface area contributed by atoms with Crippen LogP contribution in [0.4, 0.5) is 5.69 Å². The number of aromatic nitrogens is 1. The first-order valence-corrected chi connectivity index (χ1v) is 10.1. The van der Waals surface area contributed by atoms with Gasteiger partial charge in [-0.25, -0.2) is 4.79 Å². The molecule has 5 nitrogen and oxygen atoms in total. The molecule has 154 valence electrons. The van der Waals surface area contributed by atoms with E-state index in [1.54, 1.807) is 25.1 Å². The normalized spacial score (nSPS) is 10.6. The highest BCUT2D eigenvalue weighted by Gasteiger charge is 2.14. The summed E-state index contributed by atoms with van der Waals surface area (Å²) in [4.78, 5) is 29.3. The zero-order valence-electron chi connectivity index (χ0n) is 17.4. The lowest BCUT2D eigenvalue weighted by atomic mass is 9.98. The fraction of sp³-hybridized carbons (Fsp3) is 0.115. The van der Waals surface area contributed by atoms with Crippen LogP contribution in [0.5, 0.6) is 0 Å². The molecule has 0 aliphatic rings. The molecule has 0 saturated carbocycles. The Labute approximate surface area is 180 Å². The van der Waals surface area contributed by atoms with Gasteiger partial charge >= 0.3 is 5.97 Å². The van der Waals surface area contributed by atoms with Crippen molar-refractivity contribution in [2.75, 3.05) is 11.9 Å². The molecule has 1 heterocycles. The minimum Gasteiger partial charge on any atom is -0.462 e. The molecule has 0 radical (unpaired) electrons. The number of fused-ring (bicyclic) bond motifs is 1. The van der Waals surface area contributed by atoms with Crippen LogP contribution in [-0.4, -0.2) is 23.5 Å². The van der Waals surface area contributed by atoms with E-state index in [0.29, 0.717) is 28.9 Å². The van der Waals surface area contributed by atoms with Crippen molar-refractivity contribution in [3.05, 3.63) is 95.7 Å². The van der Waals surface area contributed by atoms with Crippen LogP contribution in [0.15, 0.2) is 79.0 Å². The first-order chi connectivity index (χ1) is 15.0. The third kappa shape index (κ3) is 4.46. The summed E-state index contributed by atoms with van der Waals surface area (Å²) in [5.74, 6) is -0.597. The average molecular weight is 410 g/mol. The van der Waals surface area contributed by atoms with Crippen molar-refractivity contribution in [3.8, 4) is 11.1 Å². The van der Waals surface area contributed by atoms with Gasteiger partial charge in [0.25, 0.3) is 5.91 Å². The number of carbonyl (C=O) groups is 2. The van der Waals surface area contributed by atoms with Crippen molar-refractivity contribution in [2.45, 2.75) is 13.8 Å². The largest absolute Gasteiger partial charge is 0.462 e. The second-order valence-electron chi connectivity index (χ2n) is 7.22. The fourth-order valence-corrected chi connectivity index (χ4v) is 3.39. The van der Waals surface area contributed by atoms with Crippen LogP contribution in [-0.2, 0) is 4.74 Å². The lowest BCUT2D eigenvalue weighted by Crippen LogP contribution is -2.13. The van der Waals surface area contributed by atoms with Gasteiger partial charge < -0.3 is 10.1 Å². The van der Waals surface area contributed by atoms with E-state index in [1.807, 2.05) is 61.5 Å². The third-order valence-electron chi connectivity index (χ3n) is 4.99. The number of rotatable bonds is 5. The van der Waals surface area contributed by atoms with Gasteiger partial charge in [-0.15, -0.1) is 0 Å². The van der Waals surface area contributed by atoms with Crippen LogP contribution in [0.2, 0.25) is 0 Å². The Hall–Kier alpha value is -3.99. The molecule has 0 saturated heterocycles. The van der Waals surface area contributed by atoms with Gasteiger partial charge in [0.2, 0.25) is 0 Å². The number of nitrogens with zero attached hydrogens (tertiary/aromatic N) is 1. The van der Waals surface area contributed by atoms with Crippen molar-refractivity contribution in [3.63, 3.8) is 0 Å². The maximum Gasteiger partial charge on any atom is 0.339 e. The van der Waals surface area contributed by atoms with Gasteiger partial charge in [-0.2, -0.15) is 0 Å². The van der Waals surface area contributed by atoms with Crippen molar-refractivity contribution < 1.29 is 14.3 Å². The summed E-state index contributed by atoms with van der Waals surface area (Å²) in [5, 5.41) is 3.75. The summed E-state index contributed by atoms with van der Waals surface area (Å²) in [7, 11) is 0. The molecule has 0 unspecified atom stereocenters. The predicted molar refractivity (Wildman–Crippen MR) is 122 cm³/mol. The van der Waals surface area contributed by atoms with Crippen LogP contribution in [0.1, 0.15) is 33.2 Å². The van der Waals surface area contributed by atoms with E-state index in [-0.39, 0.29) is 5.91 Å². The van der Waals surface area contributed by atoms with E-state index < -0.39 is 5.97 Å². The van der Waals surface area contributed by atoms with Gasteiger partial charge in [-0.05, 0) is 49.2 Å². The van der Waals surface area contributed by atoms with Crippen LogP contribution in [0.3, 0.4) is 0 Å². The molecule has 0 bridgehead atoms. The average Bonchev–Trinajstić information content (AvgIpc) is 2.79. The minimum absolute atomic E-state index is 0.196. The monoisotopic (exact) mass is 410 g/mol. The van der Waals surface area contributed by atoms with E-state index in [1.165, 1.54) is 11.8 Å². The quantitative estimate of drug-likeness (QED) is 0.432. The molecule has 0 spiro atoms. The number of pyridine rings is 1. The Morgan fingerprint density at radius 2 is 1.74 bits per heavy atom. The highest BCUT2D eigenvalue weighted by atomic mass is 16.5. The maximum absolute atomic E-state index is 13.0. The van der Waals surface area contributed by atoms with Crippen molar-refractivity contribution in [1.82, 2.24) is 4.98 Å². The van der Waals surface area contributed by atoms with Crippen molar-refractivity contribution >= 4 is 28.5 Å². The number of amides is 1. The number of carbonyl (C=O) groups excluding carboxylic acids is 2. The number of hydrogen-bond donors (Lipinski definition) is 1. The van der Waals surface area contributed by atoms with E-state index >= 15 is 0 Å². The summed E-state index contributed by atoms with van der Waals surface area (Å²) in [6.07, 6.45) is 1.48. The molecule has 4 aromatic rings. The van der Waals surface area contributed by atoms with E-state index in [4.69, 9.17) is 4.74 Å². The zero-order valence-corrected chi connectivity index (χ0v) is 17.4. The summed E-state index contributed by atoms with van der Waals surface area (Å²) in [6.45, 7) is 4.11. The summed E-state index contributed by atoms with van der Waals surface area (Å²) in [5.41, 5.74) is 5.34. The molecular formula is C26H22N2O3. The second kappa shape index (κ2) is 8.79. The third-order valence-corrected chi connectivity index (χ3v) is 4.99. The maximum atomic E-state index is 13.0. The molecule has 0 atom stereocenters. The van der Waals surface area contributed by atoms with Gasteiger partial charge in [-0.3, -0.25) is 9.78 Å². The topological polar surface area (TPSA) is 68.3 Å². The molecule has 0 fully saturated rings. The smallest absolute Gasteiger partial charge is 0.339 e. The Balaban J connectivity index is 1.60. The first kappa shape index (κ1) is 20.3. The highest BCUT2D eigenvalue weighted by Crippen LogP contribution is 2.26. The lowest BCUT2D eigenvalue weighted by Gasteiger charge is -2.11. The molecule has 5 heteroatoms. The van der Waals surface area contributed by atoms with Gasteiger partial charge in [0.05, 0.1) is 17.7 Å². The summed E-state index contributed by atoms with van der Waals surface area (Å²) >= 11 is 0. The lowest BCUT2D eigenvalue weighted by molar-refractivity contribution is 0.0526. The molecular weight excluding hydrogens is 388 g/mol. The van der Waals surface area contributed by atoms with Gasteiger partial charge in [0, 0.05) is 22.8 Å². The van der Waals surface area contributed by atoms with Crippen LogP contribution < -0.4 is 5.32 Å². The van der Waals surface area contributed by atoms with Crippen LogP contribution >= 0.6 is 0 Å². The zero-order chi connectivity index (χ0) is 21.8. The molecule has 1 aromatic heterocycles. The molecule has 1 amide bonds. The molecule has 31 heavy (non-hydrogen) atoms. The number of benzene rings is 3. The van der Waals surface area contributed by atoms with E-state index in [0.717, 1.165) is 16.5 Å². The number of hydrogen-bond acceptors (Lipinski definition) is 4. The number of ether oxygens (including phenoxy) is 1. The Bertz CT molecular complexity index is 1260. The minimum atomic E-state index is -0.401. The van der Waals surface area contributed by atoms with Gasteiger partial charge in [-0.1, -0.05) is 54.1 Å². The number of esters is 1. The van der Waals surface area contributed by atoms with Gasteiger partial charge in [0.1, 0.15) is 0 Å². The van der Waals surface area contributed by atoms with Crippen LogP contribution in [0, 0.1) is 6.92 Å². The summed E-state index contributed by atoms with van der Waals surface area (Å²) < 4.78 is 5.02. The Kier molecular flexibility index (Phi) is 5.76. The Morgan fingerprint density at radius 1 is 0.968 bits per heavy atom. The molecule has 0 aliphatic heterocycles. The molecule has 0 aliphatic carbocycles. The summed E-state index contributed by atoms with van der Waals surface area (Å²) in [6, 6.07) is 22.8. The molecule has 1 N–H and O–H groups in total. The second-order valence-corrected chi connectivity index (χ2v) is 7.22. The fourth-order valence-electron chi connectivity index (χ4n) is 3.39. The van der Waals surface area contributed by atoms with Crippen molar-refractivity contribution in [1.29, 1.82) is 0 Å². The highest BCUT2D eigenvalue weighted by molar-refractivity contribution is 6.09. The number of aryl methyl sites for hydroxylation is 1. The number of anilines is 1. The first-order valence-electron chi connectivity index (χ1n) is 10.1. The molecule has 4 rings (SSSR count). The SMILES string of the molecule is CCOC(=O)c1cnc2cc(NC(=O)c3ccccc3-c3ccc(C)cc3)ccc2c1. The van der Waals surface area contributed by atoms with Crippen molar-refractivity contribution in [2.24, 2.45) is 0 Å². The predicted octanol–water partition coefficient (Wildman–Crippen LogP) is 5.64. The van der Waals surface area contributed by atoms with Crippen LogP contribution in [0.25, 0.3) is 22.0 Å².